The maximum Gasteiger partial charge on any atom is 0.266 e. The molecule has 0 aliphatic heterocycles. The quantitative estimate of drug-likeness (QED) is 0.385. The van der Waals surface area contributed by atoms with Gasteiger partial charge in [-0.2, -0.15) is 0 Å². The lowest BCUT2D eigenvalue weighted by atomic mass is 10.3. The van der Waals surface area contributed by atoms with Crippen molar-refractivity contribution in [3.63, 3.8) is 0 Å². The minimum absolute atomic E-state index is 1.33. The van der Waals surface area contributed by atoms with Crippen molar-refractivity contribution >= 4 is 36.5 Å². The molecule has 0 aromatic heterocycles. The van der Waals surface area contributed by atoms with Crippen molar-refractivity contribution in [3.8, 4) is 0 Å². The summed E-state index contributed by atoms with van der Waals surface area (Å²) < 4.78 is 5.77. The zero-order valence-electron chi connectivity index (χ0n) is 20.0. The van der Waals surface area contributed by atoms with E-state index in [1.54, 1.807) is 0 Å². The summed E-state index contributed by atoms with van der Waals surface area (Å²) in [6.45, 7) is 0. The van der Waals surface area contributed by atoms with E-state index >= 15 is 0 Å². The first kappa shape index (κ1) is 23.7. The van der Waals surface area contributed by atoms with Crippen LogP contribution in [-0.2, 0) is 0 Å². The van der Waals surface area contributed by atoms with Gasteiger partial charge in [-0.3, -0.25) is 0 Å². The first-order chi connectivity index (χ1) is 16.7. The predicted octanol–water partition coefficient (Wildman–Crippen LogP) is 3.53. The van der Waals surface area contributed by atoms with Gasteiger partial charge >= 0.3 is 0 Å². The van der Waals surface area contributed by atoms with Gasteiger partial charge in [0.1, 0.15) is 5.69 Å². The molecular weight excluding hydrogens is 425 g/mol. The summed E-state index contributed by atoms with van der Waals surface area (Å²) in [6.07, 6.45) is 0. The van der Waals surface area contributed by atoms with Gasteiger partial charge in [0.2, 0.25) is 0 Å². The standard InChI is InChI=1S/C8H11N.4C6H5.Al/c1-9(2)8-6-4-3-5-7-8;4*1-2-4-6-5-3-1;/h3-7H,1-2H3;4*1-5H;/q;;;;;-1/p+1. The monoisotopic (exact) mass is 457 g/mol. The van der Waals surface area contributed by atoms with Gasteiger partial charge < -0.3 is 4.90 Å². The highest BCUT2D eigenvalue weighted by molar-refractivity contribution is 7.19. The van der Waals surface area contributed by atoms with E-state index in [1.807, 2.05) is 6.07 Å². The molecule has 168 valence electrons. The second-order valence-corrected chi connectivity index (χ2v) is 13.3. The Kier molecular flexibility index (Phi) is 8.13. The molecule has 34 heavy (non-hydrogen) atoms. The van der Waals surface area contributed by atoms with Crippen LogP contribution >= 0.6 is 0 Å². The molecule has 0 heterocycles. The number of para-hydroxylation sites is 1. The smallest absolute Gasteiger partial charge is 0.266 e. The molecule has 0 fully saturated rings. The molecule has 5 aromatic rings. The molecule has 1 N–H and O–H groups in total. The normalized spacial score (nSPS) is 10.9. The number of nitrogens with one attached hydrogen (secondary N) is 1. The van der Waals surface area contributed by atoms with E-state index in [0.717, 1.165) is 0 Å². The van der Waals surface area contributed by atoms with Crippen molar-refractivity contribution in [1.29, 1.82) is 0 Å². The Bertz CT molecular complexity index is 1080. The van der Waals surface area contributed by atoms with Gasteiger partial charge in [-0.05, 0) is 12.1 Å². The Morgan fingerprint density at radius 3 is 0.794 bits per heavy atom. The third-order valence-electron chi connectivity index (χ3n) is 6.55. The number of rotatable bonds is 5. The van der Waals surface area contributed by atoms with Crippen molar-refractivity contribution in [1.82, 2.24) is 0 Å². The van der Waals surface area contributed by atoms with Gasteiger partial charge in [-0.1, -0.05) is 91.0 Å². The fourth-order valence-corrected chi connectivity index (χ4v) is 10.4. The van der Waals surface area contributed by atoms with Gasteiger partial charge in [0.25, 0.3) is 13.1 Å². The second-order valence-electron chi connectivity index (χ2n) is 8.87. The predicted molar refractivity (Wildman–Crippen MR) is 149 cm³/mol. The molecule has 0 radical (unpaired) electrons. The highest BCUT2D eigenvalue weighted by Gasteiger charge is 2.35. The summed E-state index contributed by atoms with van der Waals surface area (Å²) >= 11 is -2.69. The molecule has 0 atom stereocenters. The summed E-state index contributed by atoms with van der Waals surface area (Å²) in [6, 6.07) is 54.6. The lowest BCUT2D eigenvalue weighted by Crippen LogP contribution is -3.00. The summed E-state index contributed by atoms with van der Waals surface area (Å²) in [7, 11) is 4.24. The number of hydrogen-bond acceptors (Lipinski definition) is 0. The summed E-state index contributed by atoms with van der Waals surface area (Å²) in [5, 5.41) is 0. The van der Waals surface area contributed by atoms with Crippen LogP contribution in [0.5, 0.6) is 0 Å². The molecule has 0 amide bonds. The van der Waals surface area contributed by atoms with Crippen LogP contribution in [0.2, 0.25) is 0 Å². The van der Waals surface area contributed by atoms with Crippen LogP contribution in [0.15, 0.2) is 152 Å². The molecule has 0 bridgehead atoms. The summed E-state index contributed by atoms with van der Waals surface area (Å²) in [4.78, 5) is 1.37. The average Bonchev–Trinajstić information content (AvgIpc) is 2.93. The van der Waals surface area contributed by atoms with Gasteiger partial charge in [-0.15, -0.1) is 48.5 Å². The first-order valence-corrected chi connectivity index (χ1v) is 14.3. The number of quaternary nitrogens is 1. The second kappa shape index (κ2) is 11.6. The number of benzene rings is 5. The molecule has 0 aliphatic carbocycles. The largest absolute Gasteiger partial charge is 0.307 e. The topological polar surface area (TPSA) is 4.44 Å². The lowest BCUT2D eigenvalue weighted by Gasteiger charge is -2.40. The zero-order valence-corrected chi connectivity index (χ0v) is 21.2. The SMILES string of the molecule is C[NH+](C)c1ccccc1.c1cc[c]([Al-]([c]2ccccc2)([c]2ccccc2)[c]2ccccc2)cc1. The van der Waals surface area contributed by atoms with E-state index in [9.17, 15) is 0 Å². The van der Waals surface area contributed by atoms with Crippen LogP contribution in [0, 0.1) is 0 Å². The van der Waals surface area contributed by atoms with Crippen molar-refractivity contribution in [2.24, 2.45) is 0 Å². The van der Waals surface area contributed by atoms with Crippen molar-refractivity contribution in [3.05, 3.63) is 152 Å². The van der Waals surface area contributed by atoms with E-state index < -0.39 is 13.1 Å². The Hall–Kier alpha value is -3.41. The van der Waals surface area contributed by atoms with Gasteiger partial charge in [0, 0.05) is 0 Å². The molecule has 0 aliphatic rings. The van der Waals surface area contributed by atoms with E-state index in [1.165, 1.54) is 28.3 Å². The van der Waals surface area contributed by atoms with Crippen LogP contribution in [0.1, 0.15) is 0 Å². The molecule has 2 heteroatoms. The van der Waals surface area contributed by atoms with Crippen LogP contribution in [0.25, 0.3) is 0 Å². The molecule has 1 nitrogen and oxygen atoms in total. The highest BCUT2D eigenvalue weighted by Crippen LogP contribution is 2.09. The Balaban J connectivity index is 0.000000257. The molecule has 0 saturated heterocycles. The number of hydrogen-bond donors (Lipinski definition) is 1. The highest BCUT2D eigenvalue weighted by atomic mass is 27.2. The fraction of sp³-hybridized carbons (Fsp3) is 0.0625. The maximum atomic E-state index is 2.30. The summed E-state index contributed by atoms with van der Waals surface area (Å²) in [5.41, 5.74) is 1.33. The zero-order chi connectivity index (χ0) is 23.6. The van der Waals surface area contributed by atoms with Crippen molar-refractivity contribution in [2.75, 3.05) is 14.1 Å². The molecule has 5 rings (SSSR count). The van der Waals surface area contributed by atoms with Crippen LogP contribution in [-0.4, -0.2) is 27.2 Å². The van der Waals surface area contributed by atoms with Gasteiger partial charge in [-0.25, -0.2) is 17.7 Å². The minimum atomic E-state index is -2.69. The molecule has 0 unspecified atom stereocenters. The lowest BCUT2D eigenvalue weighted by molar-refractivity contribution is -0.786. The van der Waals surface area contributed by atoms with E-state index in [4.69, 9.17) is 0 Å². The van der Waals surface area contributed by atoms with Gasteiger partial charge in [0.15, 0.2) is 0 Å². The van der Waals surface area contributed by atoms with Gasteiger partial charge in [0.05, 0.1) is 14.1 Å². The fourth-order valence-electron chi connectivity index (χ4n) is 4.89. The maximum absolute atomic E-state index is 2.69. The average molecular weight is 458 g/mol. The van der Waals surface area contributed by atoms with Crippen LogP contribution in [0.4, 0.5) is 5.69 Å². The van der Waals surface area contributed by atoms with Crippen molar-refractivity contribution < 1.29 is 4.90 Å². The van der Waals surface area contributed by atoms with Crippen LogP contribution < -0.4 is 22.6 Å². The third kappa shape index (κ3) is 5.22. The Labute approximate surface area is 206 Å². The minimum Gasteiger partial charge on any atom is -0.307 e. The third-order valence-corrected chi connectivity index (χ3v) is 12.1. The molecular formula is C32H32AlN. The van der Waals surface area contributed by atoms with E-state index in [-0.39, 0.29) is 0 Å². The van der Waals surface area contributed by atoms with Crippen LogP contribution in [0.3, 0.4) is 0 Å². The molecule has 0 spiro atoms. The van der Waals surface area contributed by atoms with E-state index in [2.05, 4.69) is 160 Å². The molecule has 0 saturated carbocycles. The summed E-state index contributed by atoms with van der Waals surface area (Å²) in [5.74, 6) is 0. The van der Waals surface area contributed by atoms with E-state index in [0.29, 0.717) is 0 Å². The molecule has 5 aromatic carbocycles. The first-order valence-electron chi connectivity index (χ1n) is 12.0. The Morgan fingerprint density at radius 1 is 0.353 bits per heavy atom. The Morgan fingerprint density at radius 2 is 0.588 bits per heavy atom. The van der Waals surface area contributed by atoms with Crippen molar-refractivity contribution in [2.45, 2.75) is 0 Å².